The van der Waals surface area contributed by atoms with Gasteiger partial charge in [0, 0.05) is 23.9 Å². The van der Waals surface area contributed by atoms with E-state index in [9.17, 15) is 14.5 Å². The van der Waals surface area contributed by atoms with Crippen LogP contribution in [0.2, 0.25) is 0 Å². The number of hydrogen-bond acceptors (Lipinski definition) is 5. The number of halogens is 1. The predicted molar refractivity (Wildman–Crippen MR) is 72.9 cm³/mol. The first-order chi connectivity index (χ1) is 10.1. The second-order valence-corrected chi connectivity index (χ2v) is 4.46. The predicted octanol–water partition coefficient (Wildman–Crippen LogP) is 3.07. The van der Waals surface area contributed by atoms with Crippen LogP contribution in [0, 0.1) is 15.9 Å². The maximum absolute atomic E-state index is 13.3. The molecule has 1 aliphatic rings. The molecule has 21 heavy (non-hydrogen) atoms. The third-order valence-corrected chi connectivity index (χ3v) is 3.05. The standard InChI is InChI=1S/C14H11FN2O4/c15-10-4-11(6-12(5-10)17(18)19)16-7-9-2-1-3-13-14(9)21-8-20-13/h1-6,16H,7-8H2. The Bertz CT molecular complexity index is 705. The first-order valence-electron chi connectivity index (χ1n) is 6.20. The molecule has 0 spiro atoms. The van der Waals surface area contributed by atoms with Crippen LogP contribution in [0.25, 0.3) is 0 Å². The third-order valence-electron chi connectivity index (χ3n) is 3.05. The average molecular weight is 290 g/mol. The van der Waals surface area contributed by atoms with Gasteiger partial charge in [-0.05, 0) is 12.1 Å². The van der Waals surface area contributed by atoms with Crippen LogP contribution in [0.5, 0.6) is 11.5 Å². The first kappa shape index (κ1) is 13.2. The van der Waals surface area contributed by atoms with Crippen molar-refractivity contribution < 1.29 is 18.8 Å². The summed E-state index contributed by atoms with van der Waals surface area (Å²) in [4.78, 5) is 10.1. The molecule has 0 atom stereocenters. The number of nitrogens with zero attached hydrogens (tertiary/aromatic N) is 1. The van der Waals surface area contributed by atoms with Crippen molar-refractivity contribution in [1.82, 2.24) is 0 Å². The van der Waals surface area contributed by atoms with E-state index in [4.69, 9.17) is 9.47 Å². The largest absolute Gasteiger partial charge is 0.454 e. The highest BCUT2D eigenvalue weighted by Crippen LogP contribution is 2.35. The summed E-state index contributed by atoms with van der Waals surface area (Å²) >= 11 is 0. The van der Waals surface area contributed by atoms with E-state index in [0.717, 1.165) is 11.6 Å². The lowest BCUT2D eigenvalue weighted by molar-refractivity contribution is -0.385. The van der Waals surface area contributed by atoms with E-state index in [1.165, 1.54) is 12.1 Å². The zero-order valence-corrected chi connectivity index (χ0v) is 10.8. The fraction of sp³-hybridized carbons (Fsp3) is 0.143. The van der Waals surface area contributed by atoms with Gasteiger partial charge in [-0.1, -0.05) is 12.1 Å². The summed E-state index contributed by atoms with van der Waals surface area (Å²) in [6, 6.07) is 8.81. The summed E-state index contributed by atoms with van der Waals surface area (Å²) in [6.45, 7) is 0.505. The fourth-order valence-electron chi connectivity index (χ4n) is 2.11. The van der Waals surface area contributed by atoms with Gasteiger partial charge in [-0.3, -0.25) is 10.1 Å². The maximum atomic E-state index is 13.3. The summed E-state index contributed by atoms with van der Waals surface area (Å²) in [5.74, 6) is 0.625. The number of nitro groups is 1. The van der Waals surface area contributed by atoms with Crippen molar-refractivity contribution >= 4 is 11.4 Å². The van der Waals surface area contributed by atoms with Crippen molar-refractivity contribution in [2.75, 3.05) is 12.1 Å². The van der Waals surface area contributed by atoms with Gasteiger partial charge >= 0.3 is 0 Å². The second kappa shape index (κ2) is 5.28. The molecule has 0 radical (unpaired) electrons. The Morgan fingerprint density at radius 1 is 1.29 bits per heavy atom. The quantitative estimate of drug-likeness (QED) is 0.692. The monoisotopic (exact) mass is 290 g/mol. The minimum absolute atomic E-state index is 0.164. The lowest BCUT2D eigenvalue weighted by Crippen LogP contribution is -2.02. The van der Waals surface area contributed by atoms with Crippen LogP contribution in [-0.2, 0) is 6.54 Å². The van der Waals surface area contributed by atoms with E-state index in [1.807, 2.05) is 12.1 Å². The van der Waals surface area contributed by atoms with Gasteiger partial charge in [-0.2, -0.15) is 0 Å². The minimum atomic E-state index is -0.662. The molecule has 2 aromatic carbocycles. The average Bonchev–Trinajstić information content (AvgIpc) is 2.93. The van der Waals surface area contributed by atoms with Crippen molar-refractivity contribution in [3.05, 3.63) is 57.9 Å². The number of nitro benzene ring substituents is 1. The number of fused-ring (bicyclic) bond motifs is 1. The molecule has 0 saturated heterocycles. The van der Waals surface area contributed by atoms with Crippen molar-refractivity contribution in [3.8, 4) is 11.5 Å². The molecule has 0 amide bonds. The fourth-order valence-corrected chi connectivity index (χ4v) is 2.11. The van der Waals surface area contributed by atoms with Crippen molar-refractivity contribution in [3.63, 3.8) is 0 Å². The zero-order chi connectivity index (χ0) is 14.8. The summed E-state index contributed by atoms with van der Waals surface area (Å²) in [5, 5.41) is 13.7. The summed E-state index contributed by atoms with van der Waals surface area (Å²) in [5.41, 5.74) is 0.866. The number of anilines is 1. The van der Waals surface area contributed by atoms with E-state index in [2.05, 4.69) is 5.32 Å². The molecule has 2 aromatic rings. The molecule has 0 aromatic heterocycles. The Kier molecular flexibility index (Phi) is 3.31. The van der Waals surface area contributed by atoms with Gasteiger partial charge in [-0.25, -0.2) is 4.39 Å². The number of rotatable bonds is 4. The van der Waals surface area contributed by atoms with Gasteiger partial charge in [0.05, 0.1) is 11.0 Å². The highest BCUT2D eigenvalue weighted by molar-refractivity contribution is 5.54. The van der Waals surface area contributed by atoms with Crippen LogP contribution in [-0.4, -0.2) is 11.7 Å². The van der Waals surface area contributed by atoms with Gasteiger partial charge in [0.25, 0.3) is 5.69 Å². The van der Waals surface area contributed by atoms with Crippen molar-refractivity contribution in [2.24, 2.45) is 0 Å². The molecule has 1 heterocycles. The van der Waals surface area contributed by atoms with Gasteiger partial charge in [-0.15, -0.1) is 0 Å². The molecular formula is C14H11FN2O4. The lowest BCUT2D eigenvalue weighted by atomic mass is 10.2. The molecule has 0 unspecified atom stereocenters. The van der Waals surface area contributed by atoms with Gasteiger partial charge in [0.15, 0.2) is 11.5 Å². The number of para-hydroxylation sites is 1. The maximum Gasteiger partial charge on any atom is 0.274 e. The summed E-state index contributed by atoms with van der Waals surface area (Å²) in [6.07, 6.45) is 0. The molecule has 0 fully saturated rings. The number of non-ortho nitro benzene ring substituents is 1. The zero-order valence-electron chi connectivity index (χ0n) is 10.8. The van der Waals surface area contributed by atoms with Crippen LogP contribution in [0.3, 0.4) is 0 Å². The Morgan fingerprint density at radius 2 is 2.14 bits per heavy atom. The minimum Gasteiger partial charge on any atom is -0.454 e. The van der Waals surface area contributed by atoms with Crippen LogP contribution in [0.4, 0.5) is 15.8 Å². The van der Waals surface area contributed by atoms with Crippen LogP contribution in [0.1, 0.15) is 5.56 Å². The van der Waals surface area contributed by atoms with Crippen molar-refractivity contribution in [2.45, 2.75) is 6.54 Å². The molecule has 6 nitrogen and oxygen atoms in total. The molecule has 0 saturated carbocycles. The molecule has 3 rings (SSSR count). The lowest BCUT2D eigenvalue weighted by Gasteiger charge is -2.09. The van der Waals surface area contributed by atoms with Gasteiger partial charge in [0.2, 0.25) is 6.79 Å². The Morgan fingerprint density at radius 3 is 2.95 bits per heavy atom. The summed E-state index contributed by atoms with van der Waals surface area (Å²) < 4.78 is 24.0. The van der Waals surface area contributed by atoms with Crippen LogP contribution >= 0.6 is 0 Å². The number of hydrogen-bond donors (Lipinski definition) is 1. The number of ether oxygens (including phenoxy) is 2. The van der Waals surface area contributed by atoms with E-state index in [-0.39, 0.29) is 12.5 Å². The topological polar surface area (TPSA) is 73.6 Å². The highest BCUT2D eigenvalue weighted by Gasteiger charge is 2.17. The Hall–Kier alpha value is -2.83. The van der Waals surface area contributed by atoms with E-state index in [0.29, 0.717) is 23.7 Å². The van der Waals surface area contributed by atoms with Crippen LogP contribution < -0.4 is 14.8 Å². The van der Waals surface area contributed by atoms with E-state index < -0.39 is 10.7 Å². The molecule has 1 N–H and O–H groups in total. The smallest absolute Gasteiger partial charge is 0.274 e. The molecule has 0 aliphatic carbocycles. The van der Waals surface area contributed by atoms with Gasteiger partial charge in [0.1, 0.15) is 5.82 Å². The SMILES string of the molecule is O=[N+]([O-])c1cc(F)cc(NCc2cccc3c2OCO3)c1. The molecule has 7 heteroatoms. The van der Waals surface area contributed by atoms with E-state index in [1.54, 1.807) is 6.07 Å². The Labute approximate surface area is 119 Å². The first-order valence-corrected chi connectivity index (χ1v) is 6.20. The normalized spacial score (nSPS) is 12.2. The Balaban J connectivity index is 1.79. The van der Waals surface area contributed by atoms with Crippen molar-refractivity contribution in [1.29, 1.82) is 0 Å². The van der Waals surface area contributed by atoms with Crippen LogP contribution in [0.15, 0.2) is 36.4 Å². The van der Waals surface area contributed by atoms with E-state index >= 15 is 0 Å². The number of nitrogens with one attached hydrogen (secondary N) is 1. The molecular weight excluding hydrogens is 279 g/mol. The third kappa shape index (κ3) is 2.71. The molecule has 0 bridgehead atoms. The highest BCUT2D eigenvalue weighted by atomic mass is 19.1. The molecule has 1 aliphatic heterocycles. The number of benzene rings is 2. The summed E-state index contributed by atoms with van der Waals surface area (Å²) in [7, 11) is 0. The van der Waals surface area contributed by atoms with Gasteiger partial charge < -0.3 is 14.8 Å². The second-order valence-electron chi connectivity index (χ2n) is 4.46. The molecule has 108 valence electrons.